The van der Waals surface area contributed by atoms with Crippen LogP contribution in [0.25, 0.3) is 11.3 Å². The number of allylic oxidation sites excluding steroid dienone is 2. The average Bonchev–Trinajstić information content (AvgIpc) is 3.46. The summed E-state index contributed by atoms with van der Waals surface area (Å²) in [5.74, 6) is -0.168. The van der Waals surface area contributed by atoms with Crippen molar-refractivity contribution in [2.75, 3.05) is 0 Å². The van der Waals surface area contributed by atoms with Gasteiger partial charge in [-0.15, -0.1) is 0 Å². The molecule has 146 valence electrons. The van der Waals surface area contributed by atoms with Crippen molar-refractivity contribution in [2.24, 2.45) is 28.8 Å². The third kappa shape index (κ3) is 2.71. The maximum Gasteiger partial charge on any atom is 0.270 e. The zero-order valence-corrected chi connectivity index (χ0v) is 15.7. The maximum absolute atomic E-state index is 12.6. The van der Waals surface area contributed by atoms with Crippen molar-refractivity contribution in [2.45, 2.75) is 6.42 Å². The minimum atomic E-state index is -0.531. The first-order chi connectivity index (χ1) is 13.9. The van der Waals surface area contributed by atoms with Gasteiger partial charge in [0.15, 0.2) is 0 Å². The van der Waals surface area contributed by atoms with E-state index in [4.69, 9.17) is 16.0 Å². The van der Waals surface area contributed by atoms with Crippen LogP contribution >= 0.6 is 11.6 Å². The predicted molar refractivity (Wildman–Crippen MR) is 103 cm³/mol. The molecular weight excluding hydrogens is 398 g/mol. The van der Waals surface area contributed by atoms with E-state index in [0.717, 1.165) is 11.4 Å². The van der Waals surface area contributed by atoms with E-state index in [-0.39, 0.29) is 46.2 Å². The number of nitrogens with zero attached hydrogens (tertiary/aromatic N) is 3. The highest BCUT2D eigenvalue weighted by molar-refractivity contribution is 6.33. The Morgan fingerprint density at radius 3 is 2.45 bits per heavy atom. The van der Waals surface area contributed by atoms with Gasteiger partial charge in [0.2, 0.25) is 0 Å². The Balaban J connectivity index is 1.36. The van der Waals surface area contributed by atoms with E-state index in [9.17, 15) is 19.7 Å². The van der Waals surface area contributed by atoms with Crippen LogP contribution < -0.4 is 0 Å². The summed E-state index contributed by atoms with van der Waals surface area (Å²) in [7, 11) is 0. The summed E-state index contributed by atoms with van der Waals surface area (Å²) in [5.41, 5.74) is 0.370. The molecule has 2 fully saturated rings. The number of fused-ring (bicyclic) bond motifs is 5. The molecule has 2 aromatic rings. The number of halogens is 1. The number of amides is 2. The lowest BCUT2D eigenvalue weighted by Crippen LogP contribution is -2.28. The van der Waals surface area contributed by atoms with E-state index in [1.54, 1.807) is 12.1 Å². The van der Waals surface area contributed by atoms with Gasteiger partial charge in [0.1, 0.15) is 11.5 Å². The zero-order chi connectivity index (χ0) is 20.3. The number of furan rings is 1. The lowest BCUT2D eigenvalue weighted by atomic mass is 9.85. The number of carbonyl (C=O) groups is 2. The summed E-state index contributed by atoms with van der Waals surface area (Å²) in [5, 5.41) is 16.0. The molecule has 1 aromatic heterocycles. The van der Waals surface area contributed by atoms with Crippen LogP contribution in [-0.4, -0.2) is 28.0 Å². The molecule has 0 spiro atoms. The number of nitro benzene ring substituents is 1. The summed E-state index contributed by atoms with van der Waals surface area (Å²) in [6.07, 6.45) is 6.23. The molecule has 4 atom stereocenters. The number of carbonyl (C=O) groups excluding carboxylic acids is 2. The van der Waals surface area contributed by atoms with Gasteiger partial charge in [0.05, 0.1) is 28.0 Å². The monoisotopic (exact) mass is 411 g/mol. The van der Waals surface area contributed by atoms with Gasteiger partial charge >= 0.3 is 0 Å². The Labute approximate surface area is 169 Å². The fourth-order valence-electron chi connectivity index (χ4n) is 4.50. The lowest BCUT2D eigenvalue weighted by molar-refractivity contribution is -0.384. The van der Waals surface area contributed by atoms with Crippen molar-refractivity contribution in [1.29, 1.82) is 0 Å². The van der Waals surface area contributed by atoms with Gasteiger partial charge in [-0.25, -0.2) is 0 Å². The fraction of sp³-hybridized carbons (Fsp3) is 0.250. The molecule has 29 heavy (non-hydrogen) atoms. The molecule has 8 nitrogen and oxygen atoms in total. The van der Waals surface area contributed by atoms with E-state index >= 15 is 0 Å². The minimum Gasteiger partial charge on any atom is -0.455 e. The van der Waals surface area contributed by atoms with Gasteiger partial charge in [-0.05, 0) is 36.5 Å². The van der Waals surface area contributed by atoms with Crippen molar-refractivity contribution in [3.8, 4) is 11.3 Å². The van der Waals surface area contributed by atoms with E-state index in [1.165, 1.54) is 24.4 Å². The number of hydrogen-bond acceptors (Lipinski definition) is 6. The Kier molecular flexibility index (Phi) is 3.92. The predicted octanol–water partition coefficient (Wildman–Crippen LogP) is 3.65. The van der Waals surface area contributed by atoms with Gasteiger partial charge in [-0.3, -0.25) is 19.7 Å². The minimum absolute atomic E-state index is 0.118. The van der Waals surface area contributed by atoms with Gasteiger partial charge in [-0.2, -0.15) is 10.1 Å². The number of nitro groups is 1. The lowest BCUT2D eigenvalue weighted by Gasteiger charge is -2.13. The number of imide groups is 1. The quantitative estimate of drug-likeness (QED) is 0.251. The van der Waals surface area contributed by atoms with Crippen molar-refractivity contribution in [3.05, 3.63) is 63.4 Å². The molecule has 2 amide bonds. The number of benzene rings is 1. The summed E-state index contributed by atoms with van der Waals surface area (Å²) in [6.45, 7) is 0. The fourth-order valence-corrected chi connectivity index (χ4v) is 4.77. The molecule has 2 heterocycles. The molecule has 2 bridgehead atoms. The molecule has 2 aliphatic carbocycles. The average molecular weight is 412 g/mol. The molecule has 3 aliphatic rings. The molecule has 1 saturated heterocycles. The molecular formula is C20H14ClN3O5. The van der Waals surface area contributed by atoms with Gasteiger partial charge in [0.25, 0.3) is 17.5 Å². The summed E-state index contributed by atoms with van der Waals surface area (Å²) < 4.78 is 5.66. The third-order valence-corrected chi connectivity index (χ3v) is 6.12. The van der Waals surface area contributed by atoms with Crippen LogP contribution in [0.2, 0.25) is 5.02 Å². The van der Waals surface area contributed by atoms with E-state index < -0.39 is 4.92 Å². The van der Waals surface area contributed by atoms with Gasteiger partial charge in [-0.1, -0.05) is 23.8 Å². The number of hydrazone groups is 1. The van der Waals surface area contributed by atoms with Crippen LogP contribution in [0, 0.1) is 33.8 Å². The van der Waals surface area contributed by atoms with Crippen molar-refractivity contribution >= 4 is 35.3 Å². The Bertz CT molecular complexity index is 1090. The highest BCUT2D eigenvalue weighted by atomic mass is 35.5. The Hall–Kier alpha value is -3.26. The maximum atomic E-state index is 12.6. The van der Waals surface area contributed by atoms with Crippen molar-refractivity contribution in [1.82, 2.24) is 5.01 Å². The first kappa shape index (κ1) is 17.8. The molecule has 0 unspecified atom stereocenters. The normalized spacial score (nSPS) is 27.4. The zero-order valence-electron chi connectivity index (χ0n) is 14.9. The molecule has 0 N–H and O–H groups in total. The number of rotatable bonds is 4. The molecule has 1 aromatic carbocycles. The van der Waals surface area contributed by atoms with Crippen LogP contribution in [0.4, 0.5) is 5.69 Å². The molecule has 5 rings (SSSR count). The van der Waals surface area contributed by atoms with Crippen LogP contribution in [0.1, 0.15) is 12.2 Å². The van der Waals surface area contributed by atoms with Crippen molar-refractivity contribution < 1.29 is 18.9 Å². The van der Waals surface area contributed by atoms with Gasteiger partial charge < -0.3 is 4.42 Å². The second-order valence-electron chi connectivity index (χ2n) is 7.36. The molecule has 1 saturated carbocycles. The highest BCUT2D eigenvalue weighted by Gasteiger charge is 2.59. The van der Waals surface area contributed by atoms with E-state index in [0.29, 0.717) is 17.1 Å². The first-order valence-electron chi connectivity index (χ1n) is 9.08. The molecule has 9 heteroatoms. The number of non-ortho nitro benzene ring substituents is 1. The van der Waals surface area contributed by atoms with Crippen LogP contribution in [0.15, 0.2) is 52.0 Å². The SMILES string of the molecule is O=C1[C@H]2[C@H](C(=O)N1/N=C\c1ccc(-c3ccc([N+](=O)[O-])cc3Cl)o1)[C@H]1C=C[C@H]2C1. The molecule has 1 aliphatic heterocycles. The summed E-state index contributed by atoms with van der Waals surface area (Å²) in [6, 6.07) is 7.34. The molecule has 0 radical (unpaired) electrons. The smallest absolute Gasteiger partial charge is 0.270 e. The third-order valence-electron chi connectivity index (χ3n) is 5.80. The van der Waals surface area contributed by atoms with E-state index in [2.05, 4.69) is 5.10 Å². The first-order valence-corrected chi connectivity index (χ1v) is 9.46. The van der Waals surface area contributed by atoms with Crippen LogP contribution in [0.3, 0.4) is 0 Å². The second-order valence-corrected chi connectivity index (χ2v) is 7.76. The van der Waals surface area contributed by atoms with E-state index in [1.807, 2.05) is 12.2 Å². The Morgan fingerprint density at radius 1 is 1.14 bits per heavy atom. The summed E-state index contributed by atoms with van der Waals surface area (Å²) in [4.78, 5) is 35.5. The second kappa shape index (κ2) is 6.38. The highest BCUT2D eigenvalue weighted by Crippen LogP contribution is 2.52. The standard InChI is InChI=1S/C20H14ClN3O5/c21-15-8-12(24(27)28)3-5-14(15)16-6-4-13(29-16)9-22-23-19(25)17-10-1-2-11(7-10)18(17)20(23)26/h1-6,8-11,17-18H,7H2/b22-9-/t10-,11-,17+,18+/m0/s1. The Morgan fingerprint density at radius 2 is 1.83 bits per heavy atom. The van der Waals surface area contributed by atoms with Gasteiger partial charge in [0, 0.05) is 17.7 Å². The topological polar surface area (TPSA) is 106 Å². The van der Waals surface area contributed by atoms with Crippen LogP contribution in [0.5, 0.6) is 0 Å². The van der Waals surface area contributed by atoms with Crippen LogP contribution in [-0.2, 0) is 9.59 Å². The summed E-state index contributed by atoms with van der Waals surface area (Å²) >= 11 is 6.12. The van der Waals surface area contributed by atoms with Crippen molar-refractivity contribution in [3.63, 3.8) is 0 Å². The number of hydrogen-bond donors (Lipinski definition) is 0. The largest absolute Gasteiger partial charge is 0.455 e.